The predicted octanol–water partition coefficient (Wildman–Crippen LogP) is 3.31. The van der Waals surface area contributed by atoms with Gasteiger partial charge in [0.05, 0.1) is 5.69 Å². The van der Waals surface area contributed by atoms with E-state index in [2.05, 4.69) is 10.2 Å². The van der Waals surface area contributed by atoms with Crippen LogP contribution in [-0.4, -0.2) is 45.3 Å². The molecule has 2 aromatic carbocycles. The van der Waals surface area contributed by atoms with E-state index >= 15 is 0 Å². The van der Waals surface area contributed by atoms with Crippen molar-refractivity contribution in [1.29, 1.82) is 0 Å². The minimum Gasteiger partial charge on any atom is -0.483 e. The fraction of sp³-hybridized carbons (Fsp3) is 0.318. The van der Waals surface area contributed by atoms with Gasteiger partial charge in [-0.1, -0.05) is 29.8 Å². The molecule has 1 N–H and O–H groups in total. The number of para-hydroxylation sites is 1. The monoisotopic (exact) mass is 426 g/mol. The second-order valence-corrected chi connectivity index (χ2v) is 7.85. The van der Waals surface area contributed by atoms with Gasteiger partial charge in [0.1, 0.15) is 11.6 Å². The summed E-state index contributed by atoms with van der Waals surface area (Å²) < 4.78 is 7.31. The Balaban J connectivity index is 1.38. The van der Waals surface area contributed by atoms with Crippen molar-refractivity contribution in [3.05, 3.63) is 75.4 Å². The van der Waals surface area contributed by atoms with E-state index in [0.717, 1.165) is 24.1 Å². The third kappa shape index (κ3) is 4.26. The molecular weight excluding hydrogens is 404 g/mol. The summed E-state index contributed by atoms with van der Waals surface area (Å²) in [5.41, 5.74) is 1.43. The van der Waals surface area contributed by atoms with Gasteiger partial charge in [-0.05, 0) is 55.7 Å². The van der Waals surface area contributed by atoms with Gasteiger partial charge in [0.2, 0.25) is 0 Å². The molecule has 0 aliphatic carbocycles. The maximum atomic E-state index is 12.6. The Morgan fingerprint density at radius 3 is 2.63 bits per heavy atom. The van der Waals surface area contributed by atoms with Crippen molar-refractivity contribution in [2.75, 3.05) is 19.7 Å². The Morgan fingerprint density at radius 2 is 1.93 bits per heavy atom. The number of hydrogen-bond donors (Lipinski definition) is 1. The standard InChI is InChI=1S/C22H23ClN4O3/c1-15-13-17(23)7-8-19(15)30-14-20(28)26-11-9-16(10-12-26)21-24-25-22(29)27(21)18-5-3-2-4-6-18/h2-8,13,16H,9-12,14H2,1H3,(H,25,29). The molecule has 0 unspecified atom stereocenters. The number of aromatic amines is 1. The SMILES string of the molecule is Cc1cc(Cl)ccc1OCC(=O)N1CCC(c2n[nH]c(=O)n2-c2ccccc2)CC1. The minimum atomic E-state index is -0.249. The molecule has 0 saturated carbocycles. The van der Waals surface area contributed by atoms with Crippen molar-refractivity contribution >= 4 is 17.5 Å². The van der Waals surface area contributed by atoms with E-state index in [-0.39, 0.29) is 24.1 Å². The molecule has 30 heavy (non-hydrogen) atoms. The van der Waals surface area contributed by atoms with Crippen molar-refractivity contribution in [3.8, 4) is 11.4 Å². The summed E-state index contributed by atoms with van der Waals surface area (Å²) >= 11 is 5.96. The van der Waals surface area contributed by atoms with E-state index in [9.17, 15) is 9.59 Å². The third-order valence-corrected chi connectivity index (χ3v) is 5.65. The maximum absolute atomic E-state index is 12.6. The van der Waals surface area contributed by atoms with Crippen LogP contribution >= 0.6 is 11.6 Å². The van der Waals surface area contributed by atoms with Crippen LogP contribution in [0.3, 0.4) is 0 Å². The van der Waals surface area contributed by atoms with Crippen LogP contribution < -0.4 is 10.4 Å². The molecule has 2 heterocycles. The van der Waals surface area contributed by atoms with Gasteiger partial charge in [-0.25, -0.2) is 14.5 Å². The van der Waals surface area contributed by atoms with Crippen LogP contribution in [0, 0.1) is 6.92 Å². The number of aromatic nitrogens is 3. The third-order valence-electron chi connectivity index (χ3n) is 5.41. The van der Waals surface area contributed by atoms with Crippen LogP contribution in [0.1, 0.15) is 30.1 Å². The first-order valence-electron chi connectivity index (χ1n) is 9.92. The zero-order valence-corrected chi connectivity index (χ0v) is 17.4. The first kappa shape index (κ1) is 20.2. The lowest BCUT2D eigenvalue weighted by Crippen LogP contribution is -2.41. The summed E-state index contributed by atoms with van der Waals surface area (Å²) in [5, 5.41) is 7.47. The number of benzene rings is 2. The van der Waals surface area contributed by atoms with E-state index in [1.165, 1.54) is 0 Å². The highest BCUT2D eigenvalue weighted by Gasteiger charge is 2.28. The highest BCUT2D eigenvalue weighted by molar-refractivity contribution is 6.30. The van der Waals surface area contributed by atoms with E-state index in [1.54, 1.807) is 21.6 Å². The molecule has 8 heteroatoms. The number of carbonyl (C=O) groups is 1. The molecule has 1 fully saturated rings. The smallest absolute Gasteiger partial charge is 0.347 e. The number of rotatable bonds is 5. The van der Waals surface area contributed by atoms with Crippen molar-refractivity contribution in [1.82, 2.24) is 19.7 Å². The Morgan fingerprint density at radius 1 is 1.20 bits per heavy atom. The van der Waals surface area contributed by atoms with Gasteiger partial charge < -0.3 is 9.64 Å². The first-order valence-corrected chi connectivity index (χ1v) is 10.3. The summed E-state index contributed by atoms with van der Waals surface area (Å²) in [7, 11) is 0. The number of ether oxygens (including phenoxy) is 1. The molecule has 1 saturated heterocycles. The second-order valence-electron chi connectivity index (χ2n) is 7.41. The molecule has 1 aromatic heterocycles. The van der Waals surface area contributed by atoms with Gasteiger partial charge >= 0.3 is 5.69 Å². The number of nitrogens with one attached hydrogen (secondary N) is 1. The minimum absolute atomic E-state index is 0.00966. The van der Waals surface area contributed by atoms with E-state index < -0.39 is 0 Å². The summed E-state index contributed by atoms with van der Waals surface area (Å²) in [4.78, 5) is 26.7. The number of H-pyrrole nitrogens is 1. The molecule has 7 nitrogen and oxygen atoms in total. The first-order chi connectivity index (χ1) is 14.5. The predicted molar refractivity (Wildman–Crippen MR) is 114 cm³/mol. The number of carbonyl (C=O) groups excluding carboxylic acids is 1. The van der Waals surface area contributed by atoms with Crippen LogP contribution in [0.2, 0.25) is 5.02 Å². The van der Waals surface area contributed by atoms with Gasteiger partial charge in [0.15, 0.2) is 6.61 Å². The number of halogens is 1. The molecule has 0 bridgehead atoms. The van der Waals surface area contributed by atoms with Crippen LogP contribution in [0.25, 0.3) is 5.69 Å². The largest absolute Gasteiger partial charge is 0.483 e. The summed E-state index contributed by atoms with van der Waals surface area (Å²) in [6.07, 6.45) is 1.48. The lowest BCUT2D eigenvalue weighted by molar-refractivity contribution is -0.134. The quantitative estimate of drug-likeness (QED) is 0.678. The fourth-order valence-corrected chi connectivity index (χ4v) is 4.03. The molecule has 0 radical (unpaired) electrons. The molecule has 0 atom stereocenters. The molecule has 0 spiro atoms. The van der Waals surface area contributed by atoms with E-state index in [4.69, 9.17) is 16.3 Å². The van der Waals surface area contributed by atoms with Gasteiger partial charge in [0, 0.05) is 24.0 Å². The fourth-order valence-electron chi connectivity index (χ4n) is 3.80. The molecule has 3 aromatic rings. The highest BCUT2D eigenvalue weighted by atomic mass is 35.5. The van der Waals surface area contributed by atoms with Gasteiger partial charge in [0.25, 0.3) is 5.91 Å². The molecule has 4 rings (SSSR count). The number of likely N-dealkylation sites (tertiary alicyclic amines) is 1. The lowest BCUT2D eigenvalue weighted by atomic mass is 9.95. The average molecular weight is 427 g/mol. The Labute approximate surface area is 179 Å². The van der Waals surface area contributed by atoms with Crippen LogP contribution in [0.4, 0.5) is 0 Å². The van der Waals surface area contributed by atoms with Crippen LogP contribution in [0.15, 0.2) is 53.3 Å². The van der Waals surface area contributed by atoms with Crippen molar-refractivity contribution in [3.63, 3.8) is 0 Å². The van der Waals surface area contributed by atoms with Crippen LogP contribution in [0.5, 0.6) is 5.75 Å². The maximum Gasteiger partial charge on any atom is 0.347 e. The summed E-state index contributed by atoms with van der Waals surface area (Å²) in [6.45, 7) is 3.09. The highest BCUT2D eigenvalue weighted by Crippen LogP contribution is 2.27. The van der Waals surface area contributed by atoms with E-state index in [1.807, 2.05) is 43.3 Å². The summed E-state index contributed by atoms with van der Waals surface area (Å²) in [6, 6.07) is 14.8. The van der Waals surface area contributed by atoms with Gasteiger partial charge in [-0.2, -0.15) is 5.10 Å². The summed E-state index contributed by atoms with van der Waals surface area (Å²) in [5.74, 6) is 1.43. The lowest BCUT2D eigenvalue weighted by Gasteiger charge is -2.31. The van der Waals surface area contributed by atoms with Gasteiger partial charge in [-0.3, -0.25) is 4.79 Å². The number of nitrogens with zero attached hydrogens (tertiary/aromatic N) is 3. The Hall–Kier alpha value is -3.06. The molecule has 1 amide bonds. The molecular formula is C22H23ClN4O3. The van der Waals surface area contributed by atoms with Crippen molar-refractivity contribution in [2.24, 2.45) is 0 Å². The molecule has 1 aliphatic rings. The number of aryl methyl sites for hydroxylation is 1. The number of piperidine rings is 1. The van der Waals surface area contributed by atoms with Crippen molar-refractivity contribution < 1.29 is 9.53 Å². The second kappa shape index (κ2) is 8.75. The molecule has 156 valence electrons. The number of amides is 1. The normalized spacial score (nSPS) is 14.7. The Bertz CT molecular complexity index is 1090. The Kier molecular flexibility index (Phi) is 5.90. The van der Waals surface area contributed by atoms with E-state index in [0.29, 0.717) is 29.7 Å². The molecule has 1 aliphatic heterocycles. The average Bonchev–Trinajstić information content (AvgIpc) is 3.15. The van der Waals surface area contributed by atoms with Crippen LogP contribution in [-0.2, 0) is 4.79 Å². The van der Waals surface area contributed by atoms with Gasteiger partial charge in [-0.15, -0.1) is 0 Å². The zero-order chi connectivity index (χ0) is 21.1. The van der Waals surface area contributed by atoms with Crippen molar-refractivity contribution in [2.45, 2.75) is 25.7 Å². The topological polar surface area (TPSA) is 80.2 Å². The number of hydrogen-bond acceptors (Lipinski definition) is 4. The zero-order valence-electron chi connectivity index (χ0n) is 16.7.